The van der Waals surface area contributed by atoms with Gasteiger partial charge in [-0.05, 0) is 32.4 Å². The van der Waals surface area contributed by atoms with Gasteiger partial charge in [-0.1, -0.05) is 20.8 Å². The van der Waals surface area contributed by atoms with Crippen LogP contribution in [0.15, 0.2) is 12.5 Å². The molecular formula is C13H25N3. The monoisotopic (exact) mass is 223 g/mol. The maximum Gasteiger partial charge on any atom is 0.0948 e. The van der Waals surface area contributed by atoms with Gasteiger partial charge in [-0.3, -0.25) is 0 Å². The zero-order chi connectivity index (χ0) is 11.8. The zero-order valence-electron chi connectivity index (χ0n) is 10.9. The molecule has 0 radical (unpaired) electrons. The van der Waals surface area contributed by atoms with Gasteiger partial charge in [0.05, 0.1) is 6.33 Å². The number of hydrogen-bond donors (Lipinski definition) is 1. The Hall–Kier alpha value is -0.830. The molecule has 1 aromatic heterocycles. The summed E-state index contributed by atoms with van der Waals surface area (Å²) in [4.78, 5) is 4.28. The van der Waals surface area contributed by atoms with Crippen molar-refractivity contribution in [2.24, 2.45) is 0 Å². The van der Waals surface area contributed by atoms with Crippen LogP contribution in [0, 0.1) is 0 Å². The summed E-state index contributed by atoms with van der Waals surface area (Å²) < 4.78 is 2.31. The van der Waals surface area contributed by atoms with Crippen LogP contribution in [0.1, 0.15) is 51.6 Å². The molecule has 0 spiro atoms. The Morgan fingerprint density at radius 1 is 1.31 bits per heavy atom. The summed E-state index contributed by atoms with van der Waals surface area (Å²) in [7, 11) is 0. The first kappa shape index (κ1) is 13.2. The molecule has 0 bridgehead atoms. The fraction of sp³-hybridized carbons (Fsp3) is 0.769. The van der Waals surface area contributed by atoms with Crippen molar-refractivity contribution in [3.63, 3.8) is 0 Å². The van der Waals surface area contributed by atoms with Crippen LogP contribution in [-0.4, -0.2) is 22.6 Å². The molecule has 0 atom stereocenters. The van der Waals surface area contributed by atoms with Crippen molar-refractivity contribution in [2.75, 3.05) is 13.1 Å². The lowest BCUT2D eigenvalue weighted by Gasteiger charge is -2.15. The summed E-state index contributed by atoms with van der Waals surface area (Å²) in [6.45, 7) is 9.89. The van der Waals surface area contributed by atoms with E-state index in [2.05, 4.69) is 35.6 Å². The van der Waals surface area contributed by atoms with Crippen LogP contribution in [0.3, 0.4) is 0 Å². The Morgan fingerprint density at radius 2 is 2.06 bits per heavy atom. The van der Waals surface area contributed by atoms with Crippen molar-refractivity contribution in [2.45, 2.75) is 52.5 Å². The largest absolute Gasteiger partial charge is 0.334 e. The molecule has 3 heteroatoms. The number of nitrogens with one attached hydrogen (secondary N) is 1. The number of aryl methyl sites for hydroxylation is 1. The minimum absolute atomic E-state index is 0.668. The van der Waals surface area contributed by atoms with Crippen LogP contribution in [-0.2, 0) is 6.54 Å². The topological polar surface area (TPSA) is 29.9 Å². The Labute approximate surface area is 99.3 Å². The molecule has 0 fully saturated rings. The number of nitrogens with zero attached hydrogens (tertiary/aromatic N) is 2. The smallest absolute Gasteiger partial charge is 0.0948 e. The predicted octanol–water partition coefficient (Wildman–Crippen LogP) is 2.79. The molecular weight excluding hydrogens is 198 g/mol. The van der Waals surface area contributed by atoms with Crippen molar-refractivity contribution < 1.29 is 0 Å². The number of imidazole rings is 1. The van der Waals surface area contributed by atoms with E-state index in [-0.39, 0.29) is 0 Å². The summed E-state index contributed by atoms with van der Waals surface area (Å²) in [6.07, 6.45) is 7.59. The van der Waals surface area contributed by atoms with E-state index < -0.39 is 0 Å². The molecule has 1 rings (SSSR count). The zero-order valence-corrected chi connectivity index (χ0v) is 10.9. The maximum absolute atomic E-state index is 4.28. The molecule has 0 aromatic carbocycles. The Kier molecular flexibility index (Phi) is 6.16. The van der Waals surface area contributed by atoms with E-state index in [0.717, 1.165) is 19.6 Å². The molecule has 16 heavy (non-hydrogen) atoms. The van der Waals surface area contributed by atoms with Crippen molar-refractivity contribution >= 4 is 0 Å². The SMILES string of the molecule is CCNCCCn1cncc1C(CC)CC. The molecule has 0 saturated heterocycles. The van der Waals surface area contributed by atoms with E-state index in [1.165, 1.54) is 25.0 Å². The average molecular weight is 223 g/mol. The minimum Gasteiger partial charge on any atom is -0.334 e. The molecule has 0 unspecified atom stereocenters. The maximum atomic E-state index is 4.28. The van der Waals surface area contributed by atoms with Gasteiger partial charge < -0.3 is 9.88 Å². The van der Waals surface area contributed by atoms with Crippen LogP contribution in [0.25, 0.3) is 0 Å². The van der Waals surface area contributed by atoms with Gasteiger partial charge in [0.15, 0.2) is 0 Å². The normalized spacial score (nSPS) is 11.2. The van der Waals surface area contributed by atoms with E-state index in [1.54, 1.807) is 0 Å². The van der Waals surface area contributed by atoms with Crippen LogP contribution in [0.5, 0.6) is 0 Å². The molecule has 0 aliphatic rings. The molecule has 3 nitrogen and oxygen atoms in total. The average Bonchev–Trinajstić information content (AvgIpc) is 2.75. The number of hydrogen-bond acceptors (Lipinski definition) is 2. The molecule has 0 amide bonds. The van der Waals surface area contributed by atoms with Crippen LogP contribution in [0.4, 0.5) is 0 Å². The van der Waals surface area contributed by atoms with Gasteiger partial charge in [0.25, 0.3) is 0 Å². The number of rotatable bonds is 8. The molecule has 0 aliphatic carbocycles. The summed E-state index contributed by atoms with van der Waals surface area (Å²) >= 11 is 0. The van der Waals surface area contributed by atoms with Gasteiger partial charge >= 0.3 is 0 Å². The van der Waals surface area contributed by atoms with E-state index in [9.17, 15) is 0 Å². The third kappa shape index (κ3) is 3.63. The quantitative estimate of drug-likeness (QED) is 0.687. The molecule has 0 aliphatic heterocycles. The first-order valence-electron chi connectivity index (χ1n) is 6.54. The van der Waals surface area contributed by atoms with Crippen molar-refractivity contribution in [1.29, 1.82) is 0 Å². The van der Waals surface area contributed by atoms with E-state index >= 15 is 0 Å². The van der Waals surface area contributed by atoms with Crippen molar-refractivity contribution in [3.8, 4) is 0 Å². The van der Waals surface area contributed by atoms with Crippen LogP contribution >= 0.6 is 0 Å². The molecule has 1 heterocycles. The first-order valence-corrected chi connectivity index (χ1v) is 6.54. The molecule has 92 valence electrons. The lowest BCUT2D eigenvalue weighted by Crippen LogP contribution is -2.16. The Balaban J connectivity index is 2.49. The lowest BCUT2D eigenvalue weighted by molar-refractivity contribution is 0.534. The highest BCUT2D eigenvalue weighted by molar-refractivity contribution is 5.05. The first-order chi connectivity index (χ1) is 7.83. The predicted molar refractivity (Wildman–Crippen MR) is 68.7 cm³/mol. The summed E-state index contributed by atoms with van der Waals surface area (Å²) in [5, 5.41) is 3.35. The lowest BCUT2D eigenvalue weighted by atomic mass is 10.00. The van der Waals surface area contributed by atoms with Gasteiger partial charge in [-0.15, -0.1) is 0 Å². The van der Waals surface area contributed by atoms with E-state index in [0.29, 0.717) is 5.92 Å². The highest BCUT2D eigenvalue weighted by Crippen LogP contribution is 2.22. The molecule has 1 aromatic rings. The minimum atomic E-state index is 0.668. The van der Waals surface area contributed by atoms with Gasteiger partial charge in [0.1, 0.15) is 0 Å². The third-order valence-electron chi connectivity index (χ3n) is 3.15. The summed E-state index contributed by atoms with van der Waals surface area (Å²) in [6, 6.07) is 0. The van der Waals surface area contributed by atoms with Crippen molar-refractivity contribution in [3.05, 3.63) is 18.2 Å². The van der Waals surface area contributed by atoms with Crippen LogP contribution in [0.2, 0.25) is 0 Å². The van der Waals surface area contributed by atoms with E-state index in [4.69, 9.17) is 0 Å². The second-order valence-corrected chi connectivity index (χ2v) is 4.23. The Morgan fingerprint density at radius 3 is 2.69 bits per heavy atom. The second kappa shape index (κ2) is 7.44. The summed E-state index contributed by atoms with van der Waals surface area (Å²) in [5.74, 6) is 0.668. The van der Waals surface area contributed by atoms with Crippen LogP contribution < -0.4 is 5.32 Å². The summed E-state index contributed by atoms with van der Waals surface area (Å²) in [5.41, 5.74) is 1.40. The molecule has 1 N–H and O–H groups in total. The molecule has 0 saturated carbocycles. The van der Waals surface area contributed by atoms with Gasteiger partial charge in [-0.25, -0.2) is 4.98 Å². The third-order valence-corrected chi connectivity index (χ3v) is 3.15. The fourth-order valence-corrected chi connectivity index (χ4v) is 2.12. The number of aromatic nitrogens is 2. The fourth-order valence-electron chi connectivity index (χ4n) is 2.12. The van der Waals surface area contributed by atoms with Gasteiger partial charge in [-0.2, -0.15) is 0 Å². The highest BCUT2D eigenvalue weighted by Gasteiger charge is 2.11. The standard InChI is InChI=1S/C13H25N3/c1-4-12(5-2)13-10-15-11-16(13)9-7-8-14-6-3/h10-12,14H,4-9H2,1-3H3. The van der Waals surface area contributed by atoms with Gasteiger partial charge in [0, 0.05) is 24.4 Å². The second-order valence-electron chi connectivity index (χ2n) is 4.23. The van der Waals surface area contributed by atoms with Crippen molar-refractivity contribution in [1.82, 2.24) is 14.9 Å². The Bertz CT molecular complexity index is 276. The van der Waals surface area contributed by atoms with E-state index in [1.807, 2.05) is 12.5 Å². The van der Waals surface area contributed by atoms with Gasteiger partial charge in [0.2, 0.25) is 0 Å². The highest BCUT2D eigenvalue weighted by atomic mass is 15.0.